The van der Waals surface area contributed by atoms with E-state index in [0.717, 1.165) is 4.90 Å². The Hall–Kier alpha value is -4.24. The first kappa shape index (κ1) is 35.8. The molecule has 0 fully saturated rings. The minimum atomic E-state index is -1.30. The largest absolute Gasteiger partial charge is 0.481 e. The number of carbonyl (C=O) groups is 8. The molecule has 0 aromatic carbocycles. The van der Waals surface area contributed by atoms with Gasteiger partial charge in [0, 0.05) is 38.1 Å². The standard InChI is InChI=1S/C26H39BN6O9/c1-15(2)22(32-18(34)8-4-3-5-14-33-19(35)10-11-20(33)36)25(41)31-17(7-6-13-29-26(28)42)24(40)30-16(23(27)39)9-12-21(37)38/h10-11,15-17,22H,3-9,12-14H2,1-2H3,(H,30,40)(H,31,41)(H,32,34)(H,37,38)(H3,28,29,42)/t16-,17-,22?/m0/s1. The molecule has 42 heavy (non-hydrogen) atoms. The summed E-state index contributed by atoms with van der Waals surface area (Å²) in [6.07, 6.45) is 3.55. The van der Waals surface area contributed by atoms with E-state index in [-0.39, 0.29) is 56.5 Å². The zero-order valence-electron chi connectivity index (χ0n) is 23.9. The lowest BCUT2D eigenvalue weighted by molar-refractivity contribution is -0.138. The number of hydrogen-bond acceptors (Lipinski definition) is 8. The van der Waals surface area contributed by atoms with Gasteiger partial charge in [-0.2, -0.15) is 0 Å². The zero-order chi connectivity index (χ0) is 31.8. The SMILES string of the molecule is [B]C(=O)[C@H](CCC(=O)O)NC(=O)[C@H](CCCNC(N)=O)NC(=O)C(NC(=O)CCCCCN1C(=O)C=CC1=O)C(C)C. The number of hydrogen-bond donors (Lipinski definition) is 6. The molecule has 0 spiro atoms. The van der Waals surface area contributed by atoms with Crippen LogP contribution in [0.25, 0.3) is 0 Å². The van der Waals surface area contributed by atoms with E-state index in [1.165, 1.54) is 12.2 Å². The lowest BCUT2D eigenvalue weighted by atomic mass is 9.91. The van der Waals surface area contributed by atoms with Crippen LogP contribution in [-0.4, -0.2) is 96.3 Å². The molecule has 1 unspecified atom stereocenters. The molecule has 7 N–H and O–H groups in total. The Kier molecular flexibility index (Phi) is 15.6. The summed E-state index contributed by atoms with van der Waals surface area (Å²) in [6.45, 7) is 3.73. The molecule has 1 rings (SSSR count). The van der Waals surface area contributed by atoms with Crippen LogP contribution in [0.1, 0.15) is 65.2 Å². The predicted octanol–water partition coefficient (Wildman–Crippen LogP) is -1.41. The summed E-state index contributed by atoms with van der Waals surface area (Å²) in [5.74, 6) is -4.18. The Bertz CT molecular complexity index is 1050. The molecule has 0 aromatic rings. The van der Waals surface area contributed by atoms with Crippen LogP contribution in [0, 0.1) is 5.92 Å². The summed E-state index contributed by atoms with van der Waals surface area (Å²) in [4.78, 5) is 96.6. The second-order valence-electron chi connectivity index (χ2n) is 10.2. The second kappa shape index (κ2) is 18.2. The first-order valence-electron chi connectivity index (χ1n) is 13.7. The summed E-state index contributed by atoms with van der Waals surface area (Å²) >= 11 is 0. The first-order valence-corrected chi connectivity index (χ1v) is 13.7. The molecule has 0 bridgehead atoms. The number of imide groups is 1. The van der Waals surface area contributed by atoms with Gasteiger partial charge in [0.1, 0.15) is 12.1 Å². The molecule has 0 saturated carbocycles. The highest BCUT2D eigenvalue weighted by atomic mass is 16.4. The van der Waals surface area contributed by atoms with Gasteiger partial charge in [-0.25, -0.2) is 4.79 Å². The Morgan fingerprint density at radius 2 is 1.48 bits per heavy atom. The number of urea groups is 1. The highest BCUT2D eigenvalue weighted by Gasteiger charge is 2.30. The van der Waals surface area contributed by atoms with E-state index in [1.54, 1.807) is 13.8 Å². The minimum Gasteiger partial charge on any atom is -0.481 e. The van der Waals surface area contributed by atoms with Gasteiger partial charge in [0.05, 0.1) is 11.7 Å². The van der Waals surface area contributed by atoms with Crippen molar-refractivity contribution in [2.45, 2.75) is 83.3 Å². The predicted molar refractivity (Wildman–Crippen MR) is 149 cm³/mol. The maximum absolute atomic E-state index is 13.2. The quantitative estimate of drug-likeness (QED) is 0.0554. The molecule has 0 aromatic heterocycles. The maximum Gasteiger partial charge on any atom is 0.312 e. The molecular weight excluding hydrogens is 551 g/mol. The van der Waals surface area contributed by atoms with Crippen LogP contribution in [0.5, 0.6) is 0 Å². The van der Waals surface area contributed by atoms with Gasteiger partial charge in [0.15, 0.2) is 7.85 Å². The van der Waals surface area contributed by atoms with E-state index >= 15 is 0 Å². The van der Waals surface area contributed by atoms with Crippen molar-refractivity contribution in [1.82, 2.24) is 26.2 Å². The molecule has 7 amide bonds. The van der Waals surface area contributed by atoms with Crippen molar-refractivity contribution in [3.63, 3.8) is 0 Å². The number of nitrogens with two attached hydrogens (primary N) is 1. The monoisotopic (exact) mass is 590 g/mol. The molecule has 0 saturated heterocycles. The van der Waals surface area contributed by atoms with Gasteiger partial charge in [0.2, 0.25) is 17.7 Å². The van der Waals surface area contributed by atoms with Crippen molar-refractivity contribution < 1.29 is 43.5 Å². The highest BCUT2D eigenvalue weighted by Crippen LogP contribution is 2.10. The van der Waals surface area contributed by atoms with Crippen LogP contribution in [0.15, 0.2) is 12.2 Å². The third-order valence-electron chi connectivity index (χ3n) is 6.36. The fourth-order valence-electron chi connectivity index (χ4n) is 4.04. The van der Waals surface area contributed by atoms with Crippen molar-refractivity contribution in [3.05, 3.63) is 12.2 Å². The molecule has 15 nitrogen and oxygen atoms in total. The number of primary amides is 1. The van der Waals surface area contributed by atoms with Crippen molar-refractivity contribution in [3.8, 4) is 0 Å². The minimum absolute atomic E-state index is 0.0125. The molecule has 16 heteroatoms. The average Bonchev–Trinajstić information content (AvgIpc) is 3.22. The van der Waals surface area contributed by atoms with Gasteiger partial charge < -0.3 is 36.9 Å². The fourth-order valence-corrected chi connectivity index (χ4v) is 4.04. The number of carbonyl (C=O) groups excluding carboxylic acids is 7. The molecule has 1 heterocycles. The molecule has 3 atom stereocenters. The lowest BCUT2D eigenvalue weighted by Gasteiger charge is -2.26. The number of rotatable bonds is 20. The fraction of sp³-hybridized carbons (Fsp3) is 0.615. The van der Waals surface area contributed by atoms with Crippen LogP contribution < -0.4 is 27.0 Å². The normalized spacial score (nSPS) is 14.7. The third-order valence-corrected chi connectivity index (χ3v) is 6.36. The summed E-state index contributed by atoms with van der Waals surface area (Å²) in [5.41, 5.74) is 4.10. The van der Waals surface area contributed by atoms with E-state index in [1.807, 2.05) is 0 Å². The number of nitrogens with zero attached hydrogens (tertiary/aromatic N) is 1. The van der Waals surface area contributed by atoms with Gasteiger partial charge in [-0.3, -0.25) is 33.7 Å². The number of aliphatic carboxylic acids is 1. The summed E-state index contributed by atoms with van der Waals surface area (Å²) in [6, 6.07) is -4.29. The maximum atomic E-state index is 13.2. The van der Waals surface area contributed by atoms with Crippen molar-refractivity contribution in [2.24, 2.45) is 11.7 Å². The molecular formula is C26H39BN6O9. The van der Waals surface area contributed by atoms with Gasteiger partial charge >= 0.3 is 12.0 Å². The Balaban J connectivity index is 2.75. The Labute approximate surface area is 245 Å². The van der Waals surface area contributed by atoms with E-state index in [2.05, 4.69) is 21.3 Å². The lowest BCUT2D eigenvalue weighted by Crippen LogP contribution is -2.57. The number of carboxylic acids is 1. The van der Waals surface area contributed by atoms with Gasteiger partial charge in [-0.15, -0.1) is 0 Å². The number of amides is 7. The van der Waals surface area contributed by atoms with Crippen LogP contribution in [0.2, 0.25) is 0 Å². The smallest absolute Gasteiger partial charge is 0.312 e. The molecule has 230 valence electrons. The van der Waals surface area contributed by atoms with Crippen LogP contribution >= 0.6 is 0 Å². The van der Waals surface area contributed by atoms with Crippen LogP contribution in [-0.2, 0) is 33.6 Å². The average molecular weight is 590 g/mol. The molecule has 2 radical (unpaired) electrons. The Morgan fingerprint density at radius 3 is 2.02 bits per heavy atom. The highest BCUT2D eigenvalue weighted by molar-refractivity contribution is 6.59. The third kappa shape index (κ3) is 13.4. The molecule has 1 aliphatic rings. The van der Waals surface area contributed by atoms with Gasteiger partial charge in [-0.1, -0.05) is 20.3 Å². The van der Waals surface area contributed by atoms with E-state index in [9.17, 15) is 38.4 Å². The van der Waals surface area contributed by atoms with E-state index in [4.69, 9.17) is 18.7 Å². The number of unbranched alkanes of at least 4 members (excludes halogenated alkanes) is 2. The number of nitrogens with one attached hydrogen (secondary N) is 4. The van der Waals surface area contributed by atoms with E-state index < -0.39 is 60.0 Å². The topological polar surface area (TPSA) is 234 Å². The van der Waals surface area contributed by atoms with Crippen molar-refractivity contribution >= 4 is 55.1 Å². The van der Waals surface area contributed by atoms with Crippen molar-refractivity contribution in [2.75, 3.05) is 13.1 Å². The van der Waals surface area contributed by atoms with Gasteiger partial charge in [-0.05, 0) is 38.0 Å². The van der Waals surface area contributed by atoms with Crippen molar-refractivity contribution in [1.29, 1.82) is 0 Å². The molecule has 1 aliphatic heterocycles. The number of carboxylic acid groups (broad SMARTS) is 1. The van der Waals surface area contributed by atoms with E-state index in [0.29, 0.717) is 19.3 Å². The first-order chi connectivity index (χ1) is 19.7. The summed E-state index contributed by atoms with van der Waals surface area (Å²) in [5, 5.41) is 18.8. The molecule has 0 aliphatic carbocycles. The van der Waals surface area contributed by atoms with Gasteiger partial charge in [0.25, 0.3) is 11.8 Å². The zero-order valence-corrected chi connectivity index (χ0v) is 23.9. The summed E-state index contributed by atoms with van der Waals surface area (Å²) in [7, 11) is 5.30. The van der Waals surface area contributed by atoms with Crippen LogP contribution in [0.3, 0.4) is 0 Å². The summed E-state index contributed by atoms with van der Waals surface area (Å²) < 4.78 is 0. The Morgan fingerprint density at radius 1 is 0.857 bits per heavy atom. The second-order valence-corrected chi connectivity index (χ2v) is 10.2. The van der Waals surface area contributed by atoms with Crippen LogP contribution in [0.4, 0.5) is 4.79 Å².